The van der Waals surface area contributed by atoms with Gasteiger partial charge in [-0.2, -0.15) is 0 Å². The third kappa shape index (κ3) is 4.01. The van der Waals surface area contributed by atoms with Crippen molar-refractivity contribution in [3.8, 4) is 5.75 Å². The minimum absolute atomic E-state index is 0.0286. The zero-order valence-corrected chi connectivity index (χ0v) is 12.9. The van der Waals surface area contributed by atoms with Gasteiger partial charge in [-0.3, -0.25) is 4.79 Å². The Morgan fingerprint density at radius 3 is 2.45 bits per heavy atom. The molecule has 1 aliphatic carbocycles. The number of nitrogens with one attached hydrogen (secondary N) is 1. The Bertz CT molecular complexity index is 623. The lowest BCUT2D eigenvalue weighted by molar-refractivity contribution is -0.124. The number of rotatable bonds is 6. The van der Waals surface area contributed by atoms with Crippen LogP contribution in [0.25, 0.3) is 0 Å². The molecule has 0 spiro atoms. The second-order valence-corrected chi connectivity index (χ2v) is 5.97. The fourth-order valence-electron chi connectivity index (χ4n) is 2.45. The average Bonchev–Trinajstić information content (AvgIpc) is 3.37. The van der Waals surface area contributed by atoms with Crippen LogP contribution in [0.5, 0.6) is 5.75 Å². The molecule has 1 N–H and O–H groups in total. The van der Waals surface area contributed by atoms with Crippen LogP contribution in [0.2, 0.25) is 5.02 Å². The summed E-state index contributed by atoms with van der Waals surface area (Å²) < 4.78 is 5.49. The molecule has 1 fully saturated rings. The molecule has 1 amide bonds. The van der Waals surface area contributed by atoms with E-state index in [4.69, 9.17) is 16.3 Å². The van der Waals surface area contributed by atoms with Crippen LogP contribution in [0.3, 0.4) is 0 Å². The van der Waals surface area contributed by atoms with E-state index in [2.05, 4.69) is 5.32 Å². The predicted octanol–water partition coefficient (Wildman–Crippen LogP) is 3.99. The number of carbonyl (C=O) groups is 1. The van der Waals surface area contributed by atoms with E-state index in [-0.39, 0.29) is 18.6 Å². The van der Waals surface area contributed by atoms with Gasteiger partial charge in [-0.1, -0.05) is 41.9 Å². The molecule has 0 aliphatic heterocycles. The Labute approximate surface area is 135 Å². The van der Waals surface area contributed by atoms with E-state index >= 15 is 0 Å². The van der Waals surface area contributed by atoms with E-state index in [1.807, 2.05) is 54.6 Å². The monoisotopic (exact) mass is 315 g/mol. The fraction of sp³-hybridized carbons (Fsp3) is 0.278. The van der Waals surface area contributed by atoms with Gasteiger partial charge in [0, 0.05) is 5.02 Å². The van der Waals surface area contributed by atoms with Gasteiger partial charge < -0.3 is 10.1 Å². The van der Waals surface area contributed by atoms with E-state index in [9.17, 15) is 4.79 Å². The molecule has 1 atom stereocenters. The van der Waals surface area contributed by atoms with E-state index < -0.39 is 0 Å². The molecular weight excluding hydrogens is 298 g/mol. The molecule has 114 valence electrons. The minimum atomic E-state index is -0.101. The molecule has 0 aromatic heterocycles. The first-order valence-corrected chi connectivity index (χ1v) is 7.83. The number of amides is 1. The Hall–Kier alpha value is -2.00. The van der Waals surface area contributed by atoms with Crippen molar-refractivity contribution in [3.63, 3.8) is 0 Å². The van der Waals surface area contributed by atoms with Crippen LogP contribution in [-0.2, 0) is 4.79 Å². The molecule has 4 heteroatoms. The summed E-state index contributed by atoms with van der Waals surface area (Å²) in [4.78, 5) is 12.1. The normalized spacial score (nSPS) is 15.1. The largest absolute Gasteiger partial charge is 0.484 e. The summed E-state index contributed by atoms with van der Waals surface area (Å²) >= 11 is 5.93. The van der Waals surface area contributed by atoms with Crippen molar-refractivity contribution in [1.82, 2.24) is 5.32 Å². The van der Waals surface area contributed by atoms with Crippen LogP contribution >= 0.6 is 11.6 Å². The Morgan fingerprint density at radius 1 is 1.14 bits per heavy atom. The average molecular weight is 316 g/mol. The van der Waals surface area contributed by atoms with Gasteiger partial charge in [-0.15, -0.1) is 0 Å². The second kappa shape index (κ2) is 6.84. The van der Waals surface area contributed by atoms with E-state index in [1.54, 1.807) is 0 Å². The highest BCUT2D eigenvalue weighted by atomic mass is 35.5. The maximum absolute atomic E-state index is 12.1. The first-order chi connectivity index (χ1) is 10.7. The van der Waals surface area contributed by atoms with Gasteiger partial charge in [0.25, 0.3) is 5.91 Å². The molecular formula is C18H18ClNO2. The zero-order chi connectivity index (χ0) is 15.4. The molecule has 0 radical (unpaired) electrons. The zero-order valence-electron chi connectivity index (χ0n) is 12.2. The van der Waals surface area contributed by atoms with Gasteiger partial charge in [0.2, 0.25) is 0 Å². The highest BCUT2D eigenvalue weighted by Crippen LogP contribution is 2.41. The van der Waals surface area contributed by atoms with Crippen LogP contribution in [-0.4, -0.2) is 12.5 Å². The number of hydrogen-bond donors (Lipinski definition) is 1. The molecule has 1 unspecified atom stereocenters. The lowest BCUT2D eigenvalue weighted by Crippen LogP contribution is -2.33. The van der Waals surface area contributed by atoms with Gasteiger partial charge >= 0.3 is 0 Å². The summed E-state index contributed by atoms with van der Waals surface area (Å²) in [6.07, 6.45) is 2.29. The van der Waals surface area contributed by atoms with E-state index in [1.165, 1.54) is 0 Å². The summed E-state index contributed by atoms with van der Waals surface area (Å²) in [5, 5.41) is 3.78. The minimum Gasteiger partial charge on any atom is -0.484 e. The van der Waals surface area contributed by atoms with Gasteiger partial charge in [0.15, 0.2) is 6.61 Å². The van der Waals surface area contributed by atoms with Crippen molar-refractivity contribution < 1.29 is 9.53 Å². The molecule has 0 bridgehead atoms. The van der Waals surface area contributed by atoms with Crippen molar-refractivity contribution in [3.05, 3.63) is 65.2 Å². The third-order valence-corrected chi connectivity index (χ3v) is 4.00. The van der Waals surface area contributed by atoms with Gasteiger partial charge in [0.1, 0.15) is 5.75 Å². The molecule has 0 heterocycles. The highest BCUT2D eigenvalue weighted by molar-refractivity contribution is 6.30. The van der Waals surface area contributed by atoms with Crippen LogP contribution in [0.15, 0.2) is 54.6 Å². The maximum atomic E-state index is 12.1. The van der Waals surface area contributed by atoms with Gasteiger partial charge in [0.05, 0.1) is 6.04 Å². The topological polar surface area (TPSA) is 38.3 Å². The summed E-state index contributed by atoms with van der Waals surface area (Å²) in [5.74, 6) is 1.12. The summed E-state index contributed by atoms with van der Waals surface area (Å²) in [7, 11) is 0. The third-order valence-electron chi connectivity index (χ3n) is 3.75. The maximum Gasteiger partial charge on any atom is 0.258 e. The van der Waals surface area contributed by atoms with E-state index in [0.717, 1.165) is 18.4 Å². The van der Waals surface area contributed by atoms with Crippen LogP contribution in [0, 0.1) is 5.92 Å². The van der Waals surface area contributed by atoms with Crippen LogP contribution < -0.4 is 10.1 Å². The summed E-state index contributed by atoms with van der Waals surface area (Å²) in [6, 6.07) is 17.1. The molecule has 3 nitrogen and oxygen atoms in total. The standard InChI is InChI=1S/C18H18ClNO2/c19-15-10-8-14(9-11-15)18(13-6-7-13)20-17(21)12-22-16-4-2-1-3-5-16/h1-5,8-11,13,18H,6-7,12H2,(H,20,21). The fourth-order valence-corrected chi connectivity index (χ4v) is 2.58. The predicted molar refractivity (Wildman–Crippen MR) is 87.0 cm³/mol. The molecule has 2 aromatic carbocycles. The SMILES string of the molecule is O=C(COc1ccccc1)NC(c1ccc(Cl)cc1)C1CC1. The van der Waals surface area contributed by atoms with Crippen molar-refractivity contribution in [2.24, 2.45) is 5.92 Å². The molecule has 1 saturated carbocycles. The Kier molecular flexibility index (Phi) is 4.64. The lowest BCUT2D eigenvalue weighted by atomic mass is 10.0. The Balaban J connectivity index is 1.59. The number of hydrogen-bond acceptors (Lipinski definition) is 2. The van der Waals surface area contributed by atoms with Crippen LogP contribution in [0.1, 0.15) is 24.4 Å². The first kappa shape index (κ1) is 14.9. The second-order valence-electron chi connectivity index (χ2n) is 5.54. The van der Waals surface area contributed by atoms with Crippen molar-refractivity contribution >= 4 is 17.5 Å². The van der Waals surface area contributed by atoms with Crippen LogP contribution in [0.4, 0.5) is 0 Å². The number of para-hydroxylation sites is 1. The van der Waals surface area contributed by atoms with E-state index in [0.29, 0.717) is 16.7 Å². The van der Waals surface area contributed by atoms with Crippen molar-refractivity contribution in [2.45, 2.75) is 18.9 Å². The van der Waals surface area contributed by atoms with Crippen molar-refractivity contribution in [2.75, 3.05) is 6.61 Å². The molecule has 0 saturated heterocycles. The number of carbonyl (C=O) groups excluding carboxylic acids is 1. The smallest absolute Gasteiger partial charge is 0.258 e. The molecule has 3 rings (SSSR count). The highest BCUT2D eigenvalue weighted by Gasteiger charge is 2.33. The first-order valence-electron chi connectivity index (χ1n) is 7.45. The quantitative estimate of drug-likeness (QED) is 0.875. The molecule has 1 aliphatic rings. The van der Waals surface area contributed by atoms with Crippen molar-refractivity contribution in [1.29, 1.82) is 0 Å². The molecule has 22 heavy (non-hydrogen) atoms. The van der Waals surface area contributed by atoms with Gasteiger partial charge in [-0.05, 0) is 48.6 Å². The number of ether oxygens (including phenoxy) is 1. The number of benzene rings is 2. The number of halogens is 1. The van der Waals surface area contributed by atoms with Gasteiger partial charge in [-0.25, -0.2) is 0 Å². The molecule has 2 aromatic rings. The summed E-state index contributed by atoms with van der Waals surface area (Å²) in [6.45, 7) is 0.0286. The summed E-state index contributed by atoms with van der Waals surface area (Å²) in [5.41, 5.74) is 1.10. The lowest BCUT2D eigenvalue weighted by Gasteiger charge is -2.19. The Morgan fingerprint density at radius 2 is 1.82 bits per heavy atom.